The van der Waals surface area contributed by atoms with Crippen molar-refractivity contribution in [2.24, 2.45) is 0 Å². The van der Waals surface area contributed by atoms with Gasteiger partial charge in [-0.1, -0.05) is 6.07 Å². The molecule has 1 atom stereocenters. The maximum absolute atomic E-state index is 13.9. The SMILES string of the molecule is CN(C)S(=O)(=O)C1CCCN(Cc2cc(F)cc3cccnc23)C1. The minimum Gasteiger partial charge on any atom is -0.298 e. The topological polar surface area (TPSA) is 53.5 Å². The lowest BCUT2D eigenvalue weighted by molar-refractivity contribution is 0.220. The number of pyridine rings is 1. The molecule has 0 N–H and O–H groups in total. The van der Waals surface area contributed by atoms with E-state index in [9.17, 15) is 12.8 Å². The molecule has 0 amide bonds. The molecule has 7 heteroatoms. The number of hydrogen-bond acceptors (Lipinski definition) is 4. The number of aromatic nitrogens is 1. The lowest BCUT2D eigenvalue weighted by Gasteiger charge is -2.33. The quantitative estimate of drug-likeness (QED) is 0.848. The summed E-state index contributed by atoms with van der Waals surface area (Å²) >= 11 is 0. The lowest BCUT2D eigenvalue weighted by atomic mass is 10.1. The lowest BCUT2D eigenvalue weighted by Crippen LogP contribution is -2.45. The fourth-order valence-corrected chi connectivity index (χ4v) is 4.75. The Bertz CT molecular complexity index is 839. The first-order valence-electron chi connectivity index (χ1n) is 8.05. The summed E-state index contributed by atoms with van der Waals surface area (Å²) in [7, 11) is -0.138. The van der Waals surface area contributed by atoms with Crippen LogP contribution in [0, 0.1) is 5.82 Å². The van der Waals surface area contributed by atoms with Gasteiger partial charge in [-0.15, -0.1) is 0 Å². The molecule has 1 aliphatic heterocycles. The molecule has 3 rings (SSSR count). The van der Waals surface area contributed by atoms with Crippen LogP contribution in [0.2, 0.25) is 0 Å². The van der Waals surface area contributed by atoms with Crippen LogP contribution in [0.15, 0.2) is 30.5 Å². The second-order valence-corrected chi connectivity index (χ2v) is 8.89. The highest BCUT2D eigenvalue weighted by molar-refractivity contribution is 7.89. The first-order valence-corrected chi connectivity index (χ1v) is 9.55. The third kappa shape index (κ3) is 3.43. The van der Waals surface area contributed by atoms with E-state index in [1.54, 1.807) is 26.4 Å². The molecule has 0 radical (unpaired) electrons. The minimum atomic E-state index is -3.27. The second-order valence-electron chi connectivity index (χ2n) is 6.47. The third-order valence-electron chi connectivity index (χ3n) is 4.54. The number of halogens is 1. The normalized spacial score (nSPS) is 19.9. The zero-order chi connectivity index (χ0) is 17.3. The molecule has 5 nitrogen and oxygen atoms in total. The largest absolute Gasteiger partial charge is 0.298 e. The molecule has 1 fully saturated rings. The molecule has 1 aromatic carbocycles. The van der Waals surface area contributed by atoms with Crippen molar-refractivity contribution in [2.75, 3.05) is 27.2 Å². The smallest absolute Gasteiger partial charge is 0.217 e. The molecule has 0 saturated carbocycles. The van der Waals surface area contributed by atoms with Gasteiger partial charge in [0.15, 0.2) is 0 Å². The van der Waals surface area contributed by atoms with Crippen molar-refractivity contribution in [3.63, 3.8) is 0 Å². The van der Waals surface area contributed by atoms with Gasteiger partial charge in [0.2, 0.25) is 10.0 Å². The van der Waals surface area contributed by atoms with Crippen LogP contribution in [0.5, 0.6) is 0 Å². The first-order chi connectivity index (χ1) is 11.4. The Labute approximate surface area is 142 Å². The van der Waals surface area contributed by atoms with Crippen LogP contribution in [-0.2, 0) is 16.6 Å². The van der Waals surface area contributed by atoms with Gasteiger partial charge in [-0.2, -0.15) is 0 Å². The van der Waals surface area contributed by atoms with Gasteiger partial charge >= 0.3 is 0 Å². The van der Waals surface area contributed by atoms with Crippen LogP contribution >= 0.6 is 0 Å². The number of fused-ring (bicyclic) bond motifs is 1. The van der Waals surface area contributed by atoms with Crippen molar-refractivity contribution in [3.8, 4) is 0 Å². The van der Waals surface area contributed by atoms with Crippen LogP contribution in [0.25, 0.3) is 10.9 Å². The summed E-state index contributed by atoms with van der Waals surface area (Å²) in [6.07, 6.45) is 3.18. The van der Waals surface area contributed by atoms with Gasteiger partial charge in [0, 0.05) is 38.8 Å². The average molecular weight is 351 g/mol. The van der Waals surface area contributed by atoms with Gasteiger partial charge < -0.3 is 0 Å². The van der Waals surface area contributed by atoms with E-state index in [0.29, 0.717) is 19.5 Å². The highest BCUT2D eigenvalue weighted by Gasteiger charge is 2.32. The van der Waals surface area contributed by atoms with Gasteiger partial charge in [0.05, 0.1) is 10.8 Å². The van der Waals surface area contributed by atoms with Gasteiger partial charge in [-0.3, -0.25) is 9.88 Å². The second kappa shape index (κ2) is 6.74. The van der Waals surface area contributed by atoms with Gasteiger partial charge in [0.25, 0.3) is 0 Å². The summed E-state index contributed by atoms with van der Waals surface area (Å²) in [6.45, 7) is 1.78. The number of nitrogens with zero attached hydrogens (tertiary/aromatic N) is 3. The Morgan fingerprint density at radius 2 is 2.17 bits per heavy atom. The molecule has 1 aromatic heterocycles. The molecule has 1 aliphatic rings. The number of benzene rings is 1. The van der Waals surface area contributed by atoms with Crippen LogP contribution < -0.4 is 0 Å². The molecule has 1 saturated heterocycles. The van der Waals surface area contributed by atoms with Crippen molar-refractivity contribution in [3.05, 3.63) is 41.8 Å². The monoisotopic (exact) mass is 351 g/mol. The summed E-state index contributed by atoms with van der Waals surface area (Å²) in [6, 6.07) is 6.59. The Morgan fingerprint density at radius 1 is 1.38 bits per heavy atom. The molecule has 2 heterocycles. The fourth-order valence-electron chi connectivity index (χ4n) is 3.29. The zero-order valence-corrected chi connectivity index (χ0v) is 14.8. The zero-order valence-electron chi connectivity index (χ0n) is 13.9. The van der Waals surface area contributed by atoms with Crippen LogP contribution in [0.3, 0.4) is 0 Å². The van der Waals surface area contributed by atoms with E-state index in [-0.39, 0.29) is 5.82 Å². The molecule has 1 unspecified atom stereocenters. The van der Waals surface area contributed by atoms with Crippen molar-refractivity contribution in [2.45, 2.75) is 24.6 Å². The van der Waals surface area contributed by atoms with Gasteiger partial charge in [-0.05, 0) is 43.1 Å². The Hall–Kier alpha value is -1.57. The predicted octanol–water partition coefficient (Wildman–Crippen LogP) is 2.23. The number of sulfonamides is 1. The predicted molar refractivity (Wildman–Crippen MR) is 92.6 cm³/mol. The van der Waals surface area contributed by atoms with Crippen molar-refractivity contribution in [1.29, 1.82) is 0 Å². The first kappa shape index (κ1) is 17.3. The van der Waals surface area contributed by atoms with Gasteiger partial charge in [0.1, 0.15) is 5.82 Å². The molecule has 0 bridgehead atoms. The third-order valence-corrected chi connectivity index (χ3v) is 6.78. The average Bonchev–Trinajstić information content (AvgIpc) is 2.55. The Morgan fingerprint density at radius 3 is 2.92 bits per heavy atom. The molecule has 130 valence electrons. The van der Waals surface area contributed by atoms with E-state index < -0.39 is 15.3 Å². The standard InChI is InChI=1S/C17H22FN3O2S/c1-20(2)24(22,23)16-6-4-8-21(12-16)11-14-10-15(18)9-13-5-3-7-19-17(13)14/h3,5,7,9-10,16H,4,6,8,11-12H2,1-2H3. The van der Waals surface area contributed by atoms with Crippen molar-refractivity contribution >= 4 is 20.9 Å². The van der Waals surface area contributed by atoms with E-state index >= 15 is 0 Å². The number of likely N-dealkylation sites (tertiary alicyclic amines) is 1. The Balaban J connectivity index is 1.84. The van der Waals surface area contributed by atoms with Crippen LogP contribution in [0.4, 0.5) is 4.39 Å². The number of rotatable bonds is 4. The summed E-state index contributed by atoms with van der Waals surface area (Å²) in [5.74, 6) is -0.292. The maximum Gasteiger partial charge on any atom is 0.217 e. The minimum absolute atomic E-state index is 0.292. The van der Waals surface area contributed by atoms with E-state index in [2.05, 4.69) is 9.88 Å². The highest BCUT2D eigenvalue weighted by Crippen LogP contribution is 2.24. The summed E-state index contributed by atoms with van der Waals surface area (Å²) < 4.78 is 39.9. The van der Waals surface area contributed by atoms with E-state index in [1.165, 1.54) is 16.4 Å². The fraction of sp³-hybridized carbons (Fsp3) is 0.471. The van der Waals surface area contributed by atoms with Crippen LogP contribution in [0.1, 0.15) is 18.4 Å². The number of hydrogen-bond donors (Lipinski definition) is 0. The van der Waals surface area contributed by atoms with E-state index in [4.69, 9.17) is 0 Å². The summed E-state index contributed by atoms with van der Waals surface area (Å²) in [5.41, 5.74) is 1.57. The molecule has 0 aliphatic carbocycles. The highest BCUT2D eigenvalue weighted by atomic mass is 32.2. The molecule has 24 heavy (non-hydrogen) atoms. The van der Waals surface area contributed by atoms with Crippen molar-refractivity contribution < 1.29 is 12.8 Å². The molecular weight excluding hydrogens is 329 g/mol. The van der Waals surface area contributed by atoms with Crippen molar-refractivity contribution in [1.82, 2.24) is 14.2 Å². The molecule has 2 aromatic rings. The summed E-state index contributed by atoms with van der Waals surface area (Å²) in [4.78, 5) is 6.45. The molecular formula is C17H22FN3O2S. The molecule has 0 spiro atoms. The Kier molecular flexibility index (Phi) is 4.85. The van der Waals surface area contributed by atoms with E-state index in [1.807, 2.05) is 6.07 Å². The number of piperidine rings is 1. The van der Waals surface area contributed by atoms with Gasteiger partial charge in [-0.25, -0.2) is 17.1 Å². The van der Waals surface area contributed by atoms with Crippen LogP contribution in [-0.4, -0.2) is 55.0 Å². The summed E-state index contributed by atoms with van der Waals surface area (Å²) in [5, 5.41) is 0.357. The maximum atomic E-state index is 13.9. The van der Waals surface area contributed by atoms with E-state index in [0.717, 1.165) is 29.4 Å².